The molecular formula is C11H15BrN6. The molecule has 0 radical (unpaired) electrons. The van der Waals surface area contributed by atoms with E-state index < -0.39 is 0 Å². The molecule has 2 aromatic rings. The molecule has 7 heteroatoms. The molecule has 18 heavy (non-hydrogen) atoms. The van der Waals surface area contributed by atoms with Crippen LogP contribution in [0, 0.1) is 0 Å². The van der Waals surface area contributed by atoms with E-state index in [9.17, 15) is 0 Å². The number of pyridine rings is 1. The number of aromatic nitrogens is 4. The topological polar surface area (TPSA) is 81.7 Å². The molecule has 0 aliphatic carbocycles. The number of hydrazine groups is 1. The molecule has 1 atom stereocenters. The molecule has 1 unspecified atom stereocenters. The molecule has 0 aliphatic rings. The summed E-state index contributed by atoms with van der Waals surface area (Å²) in [5.41, 5.74) is 3.80. The molecule has 3 N–H and O–H groups in total. The molecule has 2 aromatic heterocycles. The molecule has 0 bridgehead atoms. The van der Waals surface area contributed by atoms with Crippen LogP contribution in [0.15, 0.2) is 29.3 Å². The number of nitrogens with two attached hydrogens (primary N) is 1. The first-order valence-electron chi connectivity index (χ1n) is 5.67. The molecule has 96 valence electrons. The van der Waals surface area contributed by atoms with Gasteiger partial charge in [-0.15, -0.1) is 0 Å². The average Bonchev–Trinajstić information content (AvgIpc) is 2.83. The molecule has 0 saturated carbocycles. The molecule has 0 amide bonds. The summed E-state index contributed by atoms with van der Waals surface area (Å²) in [5.74, 6) is 6.52. The predicted molar refractivity (Wildman–Crippen MR) is 71.4 cm³/mol. The van der Waals surface area contributed by atoms with Crippen molar-refractivity contribution in [3.63, 3.8) is 0 Å². The maximum absolute atomic E-state index is 5.61. The highest BCUT2D eigenvalue weighted by atomic mass is 79.9. The van der Waals surface area contributed by atoms with Gasteiger partial charge in [-0.3, -0.25) is 20.9 Å². The lowest BCUT2D eigenvalue weighted by molar-refractivity contribution is 0.509. The van der Waals surface area contributed by atoms with Crippen molar-refractivity contribution in [2.45, 2.75) is 25.9 Å². The molecule has 0 aliphatic heterocycles. The van der Waals surface area contributed by atoms with E-state index in [0.29, 0.717) is 6.42 Å². The van der Waals surface area contributed by atoms with Crippen molar-refractivity contribution >= 4 is 15.9 Å². The quantitative estimate of drug-likeness (QED) is 0.640. The molecule has 0 saturated heterocycles. The third-order valence-corrected chi connectivity index (χ3v) is 3.15. The van der Waals surface area contributed by atoms with Gasteiger partial charge in [0.2, 0.25) is 0 Å². The van der Waals surface area contributed by atoms with Gasteiger partial charge in [0, 0.05) is 29.8 Å². The Bertz CT molecular complexity index is 512. The fourth-order valence-electron chi connectivity index (χ4n) is 1.78. The maximum atomic E-state index is 5.61. The van der Waals surface area contributed by atoms with Gasteiger partial charge < -0.3 is 0 Å². The average molecular weight is 311 g/mol. The first-order valence-corrected chi connectivity index (χ1v) is 6.47. The molecule has 0 spiro atoms. The zero-order chi connectivity index (χ0) is 13.0. The molecule has 2 heterocycles. The van der Waals surface area contributed by atoms with Crippen LogP contribution >= 0.6 is 15.9 Å². The van der Waals surface area contributed by atoms with Gasteiger partial charge in [0.25, 0.3) is 0 Å². The number of hydrogen-bond donors (Lipinski definition) is 2. The van der Waals surface area contributed by atoms with Crippen LogP contribution in [0.3, 0.4) is 0 Å². The van der Waals surface area contributed by atoms with Crippen LogP contribution in [-0.4, -0.2) is 19.7 Å². The number of rotatable bonds is 5. The Hall–Kier alpha value is -1.31. The smallest absolute Gasteiger partial charge is 0.138 e. The SMILES string of the molecule is CCn1ncnc1CC(NN)c1cncc(Br)c1. The Labute approximate surface area is 114 Å². The van der Waals surface area contributed by atoms with Crippen molar-refractivity contribution in [1.29, 1.82) is 0 Å². The van der Waals surface area contributed by atoms with Crippen LogP contribution in [-0.2, 0) is 13.0 Å². The van der Waals surface area contributed by atoms with Gasteiger partial charge in [-0.05, 0) is 34.5 Å². The van der Waals surface area contributed by atoms with E-state index in [2.05, 4.69) is 36.4 Å². The Kier molecular flexibility index (Phi) is 4.40. The van der Waals surface area contributed by atoms with Gasteiger partial charge in [-0.2, -0.15) is 5.10 Å². The molecular weight excluding hydrogens is 296 g/mol. The molecule has 2 rings (SSSR count). The summed E-state index contributed by atoms with van der Waals surface area (Å²) in [4.78, 5) is 8.39. The number of aryl methyl sites for hydroxylation is 1. The largest absolute Gasteiger partial charge is 0.271 e. The van der Waals surface area contributed by atoms with Crippen molar-refractivity contribution < 1.29 is 0 Å². The highest BCUT2D eigenvalue weighted by Gasteiger charge is 2.14. The lowest BCUT2D eigenvalue weighted by Crippen LogP contribution is -2.30. The first kappa shape index (κ1) is 13.1. The normalized spacial score (nSPS) is 12.6. The summed E-state index contributed by atoms with van der Waals surface area (Å²) in [7, 11) is 0. The Morgan fingerprint density at radius 3 is 3.00 bits per heavy atom. The second-order valence-corrected chi connectivity index (χ2v) is 4.77. The summed E-state index contributed by atoms with van der Waals surface area (Å²) in [5, 5.41) is 4.15. The Morgan fingerprint density at radius 2 is 2.33 bits per heavy atom. The van der Waals surface area contributed by atoms with E-state index in [4.69, 9.17) is 5.84 Å². The summed E-state index contributed by atoms with van der Waals surface area (Å²) in [6.45, 7) is 2.83. The molecule has 6 nitrogen and oxygen atoms in total. The summed E-state index contributed by atoms with van der Waals surface area (Å²) in [6.07, 6.45) is 5.77. The minimum Gasteiger partial charge on any atom is -0.271 e. The number of nitrogens with zero attached hydrogens (tertiary/aromatic N) is 4. The van der Waals surface area contributed by atoms with Crippen LogP contribution in [0.25, 0.3) is 0 Å². The standard InChI is InChI=1S/C11H15BrN6/c1-2-18-11(15-7-16-18)4-10(17-13)8-3-9(12)6-14-5-8/h3,5-7,10,17H,2,4,13H2,1H3. The second kappa shape index (κ2) is 6.03. The number of hydrogen-bond acceptors (Lipinski definition) is 5. The summed E-state index contributed by atoms with van der Waals surface area (Å²) < 4.78 is 2.78. The zero-order valence-corrected chi connectivity index (χ0v) is 11.6. The molecule has 0 aromatic carbocycles. The predicted octanol–water partition coefficient (Wildman–Crippen LogP) is 1.20. The second-order valence-electron chi connectivity index (χ2n) is 3.85. The van der Waals surface area contributed by atoms with Crippen molar-refractivity contribution in [3.8, 4) is 0 Å². The van der Waals surface area contributed by atoms with Crippen LogP contribution in [0.2, 0.25) is 0 Å². The monoisotopic (exact) mass is 310 g/mol. The molecule has 0 fully saturated rings. The van der Waals surface area contributed by atoms with Crippen molar-refractivity contribution in [1.82, 2.24) is 25.2 Å². The van der Waals surface area contributed by atoms with Gasteiger partial charge in [0.05, 0.1) is 6.04 Å². The van der Waals surface area contributed by atoms with E-state index >= 15 is 0 Å². The minimum atomic E-state index is -0.0375. The van der Waals surface area contributed by atoms with Gasteiger partial charge in [0.15, 0.2) is 0 Å². The van der Waals surface area contributed by atoms with Crippen molar-refractivity contribution in [2.75, 3.05) is 0 Å². The van der Waals surface area contributed by atoms with Crippen LogP contribution < -0.4 is 11.3 Å². The van der Waals surface area contributed by atoms with Gasteiger partial charge in [-0.1, -0.05) is 0 Å². The highest BCUT2D eigenvalue weighted by Crippen LogP contribution is 2.19. The minimum absolute atomic E-state index is 0.0375. The van der Waals surface area contributed by atoms with Gasteiger partial charge in [0.1, 0.15) is 12.2 Å². The van der Waals surface area contributed by atoms with Crippen LogP contribution in [0.5, 0.6) is 0 Å². The number of nitrogens with one attached hydrogen (secondary N) is 1. The van der Waals surface area contributed by atoms with E-state index in [0.717, 1.165) is 22.4 Å². The lowest BCUT2D eigenvalue weighted by atomic mass is 10.1. The third kappa shape index (κ3) is 2.92. The Morgan fingerprint density at radius 1 is 1.50 bits per heavy atom. The van der Waals surface area contributed by atoms with Crippen LogP contribution in [0.1, 0.15) is 24.4 Å². The lowest BCUT2D eigenvalue weighted by Gasteiger charge is -2.15. The number of halogens is 1. The fraction of sp³-hybridized carbons (Fsp3) is 0.364. The highest BCUT2D eigenvalue weighted by molar-refractivity contribution is 9.10. The van der Waals surface area contributed by atoms with E-state index in [1.807, 2.05) is 17.7 Å². The Balaban J connectivity index is 2.20. The van der Waals surface area contributed by atoms with Crippen LogP contribution in [0.4, 0.5) is 0 Å². The zero-order valence-electron chi connectivity index (χ0n) is 10.0. The van der Waals surface area contributed by atoms with Gasteiger partial charge in [-0.25, -0.2) is 4.98 Å². The van der Waals surface area contributed by atoms with E-state index in [1.54, 1.807) is 18.7 Å². The van der Waals surface area contributed by atoms with Crippen molar-refractivity contribution in [2.24, 2.45) is 5.84 Å². The summed E-state index contributed by atoms with van der Waals surface area (Å²) in [6, 6.07) is 1.95. The van der Waals surface area contributed by atoms with E-state index in [1.165, 1.54) is 0 Å². The third-order valence-electron chi connectivity index (χ3n) is 2.71. The first-order chi connectivity index (χ1) is 8.74. The van der Waals surface area contributed by atoms with Gasteiger partial charge >= 0.3 is 0 Å². The van der Waals surface area contributed by atoms with E-state index in [-0.39, 0.29) is 6.04 Å². The summed E-state index contributed by atoms with van der Waals surface area (Å²) >= 11 is 3.40. The fourth-order valence-corrected chi connectivity index (χ4v) is 2.17. The van der Waals surface area contributed by atoms with Crippen molar-refractivity contribution in [3.05, 3.63) is 40.6 Å². The maximum Gasteiger partial charge on any atom is 0.138 e.